The zero-order valence-electron chi connectivity index (χ0n) is 34.8. The lowest BCUT2D eigenvalue weighted by molar-refractivity contribution is -0.0397. The van der Waals surface area contributed by atoms with E-state index in [1.165, 1.54) is 102 Å². The molecule has 0 atom stereocenters. The first-order chi connectivity index (χ1) is 30.5. The third-order valence-electron chi connectivity index (χ3n) is 15.5. The summed E-state index contributed by atoms with van der Waals surface area (Å²) in [5, 5.41) is 2.54. The number of rotatable bonds is 6. The van der Waals surface area contributed by atoms with Crippen molar-refractivity contribution >= 4 is 48.6 Å². The Morgan fingerprint density at radius 1 is 0.484 bits per heavy atom. The van der Waals surface area contributed by atoms with E-state index in [0.717, 1.165) is 40.0 Å². The van der Waals surface area contributed by atoms with Crippen molar-refractivity contribution in [3.63, 3.8) is 0 Å². The van der Waals surface area contributed by atoms with Crippen LogP contribution >= 0.6 is 11.3 Å². The molecule has 5 aliphatic carbocycles. The van der Waals surface area contributed by atoms with Gasteiger partial charge in [-0.25, -0.2) is 4.39 Å². The van der Waals surface area contributed by atoms with E-state index in [9.17, 15) is 0 Å². The Morgan fingerprint density at radius 2 is 1.05 bits per heavy atom. The number of thiophene rings is 1. The molecular formula is C59H46FNS. The molecule has 4 bridgehead atoms. The largest absolute Gasteiger partial charge is 0.310 e. The SMILES string of the molecule is Cc1ccccc1-c1ccc(N(c2ccc(-c3ccccc3)cc2)c2ccc3c(c2)sc2cc(-c4ccc(F)c5c4C4(c6ccccc6-5)C5CC6CC(C5)CC4C6)ccc23)cc1. The van der Waals surface area contributed by atoms with Crippen molar-refractivity contribution in [2.24, 2.45) is 23.7 Å². The highest BCUT2D eigenvalue weighted by atomic mass is 32.1. The molecule has 1 spiro atoms. The van der Waals surface area contributed by atoms with E-state index >= 15 is 4.39 Å². The van der Waals surface area contributed by atoms with Gasteiger partial charge < -0.3 is 4.90 Å². The Labute approximate surface area is 367 Å². The van der Waals surface area contributed by atoms with Gasteiger partial charge in [0.1, 0.15) is 5.82 Å². The third-order valence-corrected chi connectivity index (χ3v) is 16.6. The fourth-order valence-corrected chi connectivity index (χ4v) is 14.3. The molecule has 3 heteroatoms. The molecule has 4 fully saturated rings. The molecule has 8 aromatic carbocycles. The Kier molecular flexibility index (Phi) is 8.13. The number of hydrogen-bond acceptors (Lipinski definition) is 2. The normalized spacial score (nSPS) is 21.8. The first-order valence-electron chi connectivity index (χ1n) is 22.5. The minimum atomic E-state index is -0.109. The number of nitrogens with zero attached hydrogens (tertiary/aromatic N) is 1. The standard InChI is InChI=1S/C59H46FNS/c1-36-9-5-6-12-48(36)41-17-22-46(23-18-41)61(45-20-15-40(16-21-45)39-10-3-2-4-11-39)47-24-26-51-50-25-19-42(34-55(50)62-56(51)35-47)49-27-28-54(60)57-52-13-7-8-14-53(52)59(58(49)57)43-30-37-29-38(32-43)33-44(59)31-37/h2-28,34-35,37-38,43-44H,29-33H2,1H3. The summed E-state index contributed by atoms with van der Waals surface area (Å²) in [6, 6.07) is 63.9. The lowest BCUT2D eigenvalue weighted by Crippen LogP contribution is -2.55. The molecule has 0 N–H and O–H groups in total. The summed E-state index contributed by atoms with van der Waals surface area (Å²) < 4.78 is 18.9. The van der Waals surface area contributed by atoms with E-state index in [-0.39, 0.29) is 11.2 Å². The zero-order valence-corrected chi connectivity index (χ0v) is 35.6. The van der Waals surface area contributed by atoms with Crippen LogP contribution in [0.2, 0.25) is 0 Å². The van der Waals surface area contributed by atoms with Crippen molar-refractivity contribution in [2.75, 3.05) is 4.90 Å². The Balaban J connectivity index is 0.927. The number of benzene rings is 8. The lowest BCUT2D eigenvalue weighted by Gasteiger charge is -2.61. The Bertz CT molecular complexity index is 3190. The predicted octanol–water partition coefficient (Wildman–Crippen LogP) is 16.7. The molecule has 4 saturated carbocycles. The highest BCUT2D eigenvalue weighted by Gasteiger charge is 2.62. The maximum atomic E-state index is 16.4. The smallest absolute Gasteiger partial charge is 0.131 e. The molecule has 0 radical (unpaired) electrons. The number of fused-ring (bicyclic) bond motifs is 6. The van der Waals surface area contributed by atoms with Crippen LogP contribution in [0.5, 0.6) is 0 Å². The third kappa shape index (κ3) is 5.37. The van der Waals surface area contributed by atoms with Crippen LogP contribution in [0.15, 0.2) is 176 Å². The second-order valence-electron chi connectivity index (χ2n) is 18.7. The number of halogens is 1. The Hall–Kier alpha value is -6.29. The lowest BCUT2D eigenvalue weighted by atomic mass is 9.42. The van der Waals surface area contributed by atoms with Crippen molar-refractivity contribution in [2.45, 2.75) is 44.4 Å². The van der Waals surface area contributed by atoms with Gasteiger partial charge in [-0.2, -0.15) is 0 Å². The van der Waals surface area contributed by atoms with Gasteiger partial charge in [-0.3, -0.25) is 0 Å². The van der Waals surface area contributed by atoms with Crippen LogP contribution in [0.4, 0.5) is 21.5 Å². The van der Waals surface area contributed by atoms with E-state index in [1.807, 2.05) is 11.3 Å². The van der Waals surface area contributed by atoms with Gasteiger partial charge in [0, 0.05) is 48.2 Å². The minimum Gasteiger partial charge on any atom is -0.310 e. The van der Waals surface area contributed by atoms with Gasteiger partial charge in [-0.15, -0.1) is 11.3 Å². The summed E-state index contributed by atoms with van der Waals surface area (Å²) >= 11 is 1.87. The van der Waals surface area contributed by atoms with Crippen LogP contribution < -0.4 is 4.90 Å². The van der Waals surface area contributed by atoms with Crippen LogP contribution in [-0.2, 0) is 5.41 Å². The van der Waals surface area contributed by atoms with Crippen LogP contribution in [0.1, 0.15) is 48.8 Å². The monoisotopic (exact) mass is 819 g/mol. The molecule has 5 aliphatic rings. The summed E-state index contributed by atoms with van der Waals surface area (Å²) in [4.78, 5) is 2.38. The van der Waals surface area contributed by atoms with Crippen molar-refractivity contribution < 1.29 is 4.39 Å². The average molecular weight is 820 g/mol. The second kappa shape index (κ2) is 13.9. The summed E-state index contributed by atoms with van der Waals surface area (Å²) in [6.45, 7) is 2.18. The van der Waals surface area contributed by atoms with E-state index < -0.39 is 0 Å². The highest BCUT2D eigenvalue weighted by Crippen LogP contribution is 2.70. The predicted molar refractivity (Wildman–Crippen MR) is 258 cm³/mol. The highest BCUT2D eigenvalue weighted by molar-refractivity contribution is 7.25. The van der Waals surface area contributed by atoms with Crippen molar-refractivity contribution in [3.05, 3.63) is 198 Å². The fraction of sp³-hybridized carbons (Fsp3) is 0.186. The molecule has 0 aliphatic heterocycles. The van der Waals surface area contributed by atoms with Gasteiger partial charge in [0.25, 0.3) is 0 Å². The number of aryl methyl sites for hydroxylation is 1. The van der Waals surface area contributed by atoms with E-state index in [0.29, 0.717) is 11.8 Å². The van der Waals surface area contributed by atoms with Crippen LogP contribution in [0.25, 0.3) is 64.7 Å². The fourth-order valence-electron chi connectivity index (χ4n) is 13.1. The van der Waals surface area contributed by atoms with Crippen molar-refractivity contribution in [1.29, 1.82) is 0 Å². The van der Waals surface area contributed by atoms with E-state index in [4.69, 9.17) is 0 Å². The van der Waals surface area contributed by atoms with Gasteiger partial charge >= 0.3 is 0 Å². The Morgan fingerprint density at radius 3 is 1.76 bits per heavy atom. The van der Waals surface area contributed by atoms with Gasteiger partial charge in [0.15, 0.2) is 0 Å². The minimum absolute atomic E-state index is 0.0681. The molecule has 1 aromatic heterocycles. The molecule has 62 heavy (non-hydrogen) atoms. The van der Waals surface area contributed by atoms with Crippen molar-refractivity contribution in [1.82, 2.24) is 0 Å². The van der Waals surface area contributed by atoms with Crippen molar-refractivity contribution in [3.8, 4) is 44.5 Å². The molecule has 14 rings (SSSR count). The first kappa shape index (κ1) is 36.4. The average Bonchev–Trinajstić information content (AvgIpc) is 3.83. The molecule has 9 aromatic rings. The summed E-state index contributed by atoms with van der Waals surface area (Å²) in [5.74, 6) is 2.74. The summed E-state index contributed by atoms with van der Waals surface area (Å²) in [6.07, 6.45) is 6.51. The van der Waals surface area contributed by atoms with E-state index in [2.05, 4.69) is 182 Å². The molecule has 0 unspecified atom stereocenters. The molecule has 0 amide bonds. The summed E-state index contributed by atoms with van der Waals surface area (Å²) in [7, 11) is 0. The first-order valence-corrected chi connectivity index (χ1v) is 23.3. The molecule has 1 heterocycles. The van der Waals surface area contributed by atoms with E-state index in [1.54, 1.807) is 6.07 Å². The molecular weight excluding hydrogens is 774 g/mol. The van der Waals surface area contributed by atoms with Gasteiger partial charge in [-0.05, 0) is 167 Å². The molecule has 300 valence electrons. The van der Waals surface area contributed by atoms with Crippen LogP contribution in [0, 0.1) is 36.4 Å². The van der Waals surface area contributed by atoms with Crippen LogP contribution in [0.3, 0.4) is 0 Å². The number of hydrogen-bond donors (Lipinski definition) is 0. The second-order valence-corrected chi connectivity index (χ2v) is 19.8. The summed E-state index contributed by atoms with van der Waals surface area (Å²) in [5.41, 5.74) is 16.5. The van der Waals surface area contributed by atoms with Gasteiger partial charge in [0.05, 0.1) is 0 Å². The maximum Gasteiger partial charge on any atom is 0.131 e. The molecule has 0 saturated heterocycles. The topological polar surface area (TPSA) is 3.24 Å². The van der Waals surface area contributed by atoms with Gasteiger partial charge in [0.2, 0.25) is 0 Å². The van der Waals surface area contributed by atoms with Crippen LogP contribution in [-0.4, -0.2) is 0 Å². The van der Waals surface area contributed by atoms with Gasteiger partial charge in [-0.1, -0.05) is 127 Å². The zero-order chi connectivity index (χ0) is 41.1. The number of anilines is 3. The maximum absolute atomic E-state index is 16.4. The quantitative estimate of drug-likeness (QED) is 0.162. The molecule has 1 nitrogen and oxygen atoms in total.